The van der Waals surface area contributed by atoms with Crippen molar-refractivity contribution in [2.75, 3.05) is 26.5 Å². The highest BCUT2D eigenvalue weighted by Gasteiger charge is 2.15. The van der Waals surface area contributed by atoms with Crippen molar-refractivity contribution in [2.45, 2.75) is 44.9 Å². The zero-order valence-corrected chi connectivity index (χ0v) is 14.8. The Labute approximate surface area is 133 Å². The molecule has 0 bridgehead atoms. The van der Waals surface area contributed by atoms with E-state index in [0.29, 0.717) is 11.3 Å². The zero-order valence-electron chi connectivity index (χ0n) is 13.9. The molecular weight excluding hydrogens is 282 g/mol. The lowest BCUT2D eigenvalue weighted by atomic mass is 10.1. The first kappa shape index (κ1) is 18.2. The van der Waals surface area contributed by atoms with Crippen LogP contribution in [-0.4, -0.2) is 31.8 Å². The first-order valence-corrected chi connectivity index (χ1v) is 8.77. The Morgan fingerprint density at radius 2 is 1.71 bits per heavy atom. The number of hydrogen-bond acceptors (Lipinski definition) is 4. The van der Waals surface area contributed by atoms with Crippen molar-refractivity contribution in [2.24, 2.45) is 0 Å². The van der Waals surface area contributed by atoms with E-state index in [4.69, 9.17) is 9.47 Å². The van der Waals surface area contributed by atoms with Gasteiger partial charge in [0.25, 0.3) is 0 Å². The predicted molar refractivity (Wildman–Crippen MR) is 92.8 cm³/mol. The van der Waals surface area contributed by atoms with Gasteiger partial charge in [-0.05, 0) is 37.1 Å². The molecule has 1 rings (SSSR count). The summed E-state index contributed by atoms with van der Waals surface area (Å²) in [6.07, 6.45) is 2.33. The number of ether oxygens (including phenoxy) is 2. The summed E-state index contributed by atoms with van der Waals surface area (Å²) in [5, 5.41) is 4.32. The smallest absolute Gasteiger partial charge is 0.122 e. The van der Waals surface area contributed by atoms with Crippen molar-refractivity contribution in [1.29, 1.82) is 0 Å². The fraction of sp³-hybridized carbons (Fsp3) is 0.647. The molecule has 21 heavy (non-hydrogen) atoms. The van der Waals surface area contributed by atoms with Gasteiger partial charge in [0.15, 0.2) is 0 Å². The fourth-order valence-electron chi connectivity index (χ4n) is 2.00. The second kappa shape index (κ2) is 9.96. The third-order valence-corrected chi connectivity index (χ3v) is 4.97. The van der Waals surface area contributed by atoms with Crippen molar-refractivity contribution in [1.82, 2.24) is 5.32 Å². The molecule has 0 fully saturated rings. The number of nitrogens with one attached hydrogen (secondary N) is 1. The van der Waals surface area contributed by atoms with E-state index in [1.165, 1.54) is 12.0 Å². The normalized spacial score (nSPS) is 13.8. The summed E-state index contributed by atoms with van der Waals surface area (Å²) in [5.74, 6) is 2.76. The third kappa shape index (κ3) is 6.18. The van der Waals surface area contributed by atoms with E-state index in [1.54, 1.807) is 14.2 Å². The predicted octanol–water partition coefficient (Wildman–Crippen LogP) is 4.28. The van der Waals surface area contributed by atoms with Crippen LogP contribution in [0.5, 0.6) is 11.5 Å². The van der Waals surface area contributed by atoms with E-state index in [2.05, 4.69) is 38.2 Å². The molecule has 1 aromatic carbocycles. The van der Waals surface area contributed by atoms with Gasteiger partial charge in [-0.15, -0.1) is 0 Å². The van der Waals surface area contributed by atoms with Gasteiger partial charge in [0, 0.05) is 23.1 Å². The van der Waals surface area contributed by atoms with Crippen LogP contribution in [0.15, 0.2) is 18.2 Å². The van der Waals surface area contributed by atoms with Gasteiger partial charge in [0.05, 0.1) is 14.2 Å². The number of methoxy groups -OCH3 is 2. The van der Waals surface area contributed by atoms with Gasteiger partial charge < -0.3 is 14.8 Å². The minimum absolute atomic E-state index is 0.327. The van der Waals surface area contributed by atoms with E-state index in [-0.39, 0.29) is 0 Å². The maximum Gasteiger partial charge on any atom is 0.122 e. The molecule has 0 saturated carbocycles. The number of benzene rings is 1. The van der Waals surface area contributed by atoms with E-state index >= 15 is 0 Å². The summed E-state index contributed by atoms with van der Waals surface area (Å²) >= 11 is 2.01. The van der Waals surface area contributed by atoms with Crippen LogP contribution in [-0.2, 0) is 0 Å². The average Bonchev–Trinajstić information content (AvgIpc) is 2.53. The van der Waals surface area contributed by atoms with Crippen LogP contribution < -0.4 is 14.8 Å². The molecular formula is C17H29NO2S. The second-order valence-electron chi connectivity index (χ2n) is 5.20. The Bertz CT molecular complexity index is 390. The molecule has 0 heterocycles. The van der Waals surface area contributed by atoms with Gasteiger partial charge in [-0.25, -0.2) is 0 Å². The summed E-state index contributed by atoms with van der Waals surface area (Å²) in [6.45, 7) is 7.73. The lowest BCUT2D eigenvalue weighted by Crippen LogP contribution is -2.25. The van der Waals surface area contributed by atoms with E-state index < -0.39 is 0 Å². The SMILES string of the molecule is CCCNC(CSC(C)CC)c1cc(OC)cc(OC)c1. The third-order valence-electron chi connectivity index (χ3n) is 3.54. The van der Waals surface area contributed by atoms with Crippen molar-refractivity contribution in [3.8, 4) is 11.5 Å². The molecule has 0 aromatic heterocycles. The van der Waals surface area contributed by atoms with E-state index in [9.17, 15) is 0 Å². The van der Waals surface area contributed by atoms with Crippen LogP contribution in [0.1, 0.15) is 45.2 Å². The minimum Gasteiger partial charge on any atom is -0.497 e. The number of thioether (sulfide) groups is 1. The summed E-state index contributed by atoms with van der Waals surface area (Å²) in [7, 11) is 3.39. The molecule has 3 nitrogen and oxygen atoms in total. The molecule has 2 atom stereocenters. The van der Waals surface area contributed by atoms with Crippen molar-refractivity contribution in [3.63, 3.8) is 0 Å². The highest BCUT2D eigenvalue weighted by atomic mass is 32.2. The van der Waals surface area contributed by atoms with Crippen LogP contribution in [0, 0.1) is 0 Å². The van der Waals surface area contributed by atoms with Crippen LogP contribution in [0.25, 0.3) is 0 Å². The Morgan fingerprint density at radius 3 is 2.19 bits per heavy atom. The van der Waals surface area contributed by atoms with Crippen molar-refractivity contribution in [3.05, 3.63) is 23.8 Å². The molecule has 0 radical (unpaired) electrons. The van der Waals surface area contributed by atoms with Crippen LogP contribution >= 0.6 is 11.8 Å². The summed E-state index contributed by atoms with van der Waals surface area (Å²) in [6, 6.07) is 6.45. The maximum atomic E-state index is 5.38. The molecule has 0 aliphatic rings. The lowest BCUT2D eigenvalue weighted by Gasteiger charge is -2.21. The molecule has 0 saturated heterocycles. The molecule has 0 aliphatic carbocycles. The Hall–Kier alpha value is -0.870. The Balaban J connectivity index is 2.89. The molecule has 120 valence electrons. The summed E-state index contributed by atoms with van der Waals surface area (Å²) < 4.78 is 10.8. The van der Waals surface area contributed by atoms with Gasteiger partial charge >= 0.3 is 0 Å². The standard InChI is InChI=1S/C17H29NO2S/c1-6-8-18-17(12-21-13(3)7-2)14-9-15(19-4)11-16(10-14)20-5/h9-11,13,17-18H,6-8,12H2,1-5H3. The number of hydrogen-bond donors (Lipinski definition) is 1. The summed E-state index contributed by atoms with van der Waals surface area (Å²) in [5.41, 5.74) is 1.23. The maximum absolute atomic E-state index is 5.38. The van der Waals surface area contributed by atoms with Gasteiger partial charge in [-0.3, -0.25) is 0 Å². The highest BCUT2D eigenvalue weighted by Crippen LogP contribution is 2.29. The zero-order chi connectivity index (χ0) is 15.7. The first-order valence-electron chi connectivity index (χ1n) is 7.72. The molecule has 0 spiro atoms. The lowest BCUT2D eigenvalue weighted by molar-refractivity contribution is 0.392. The average molecular weight is 311 g/mol. The molecule has 1 N–H and O–H groups in total. The van der Waals surface area contributed by atoms with Gasteiger partial charge in [-0.1, -0.05) is 20.8 Å². The monoisotopic (exact) mass is 311 g/mol. The minimum atomic E-state index is 0.327. The highest BCUT2D eigenvalue weighted by molar-refractivity contribution is 7.99. The molecule has 0 aliphatic heterocycles. The topological polar surface area (TPSA) is 30.5 Å². The molecule has 0 amide bonds. The van der Waals surface area contributed by atoms with Gasteiger partial charge in [0.1, 0.15) is 11.5 Å². The van der Waals surface area contributed by atoms with Crippen molar-refractivity contribution < 1.29 is 9.47 Å². The quantitative estimate of drug-likeness (QED) is 0.699. The first-order chi connectivity index (χ1) is 10.1. The van der Waals surface area contributed by atoms with Crippen LogP contribution in [0.3, 0.4) is 0 Å². The molecule has 1 aromatic rings. The van der Waals surface area contributed by atoms with Gasteiger partial charge in [-0.2, -0.15) is 11.8 Å². The Kier molecular flexibility index (Phi) is 8.62. The van der Waals surface area contributed by atoms with Crippen LogP contribution in [0.4, 0.5) is 0 Å². The Morgan fingerprint density at radius 1 is 1.10 bits per heavy atom. The largest absolute Gasteiger partial charge is 0.497 e. The van der Waals surface area contributed by atoms with Crippen molar-refractivity contribution >= 4 is 11.8 Å². The molecule has 2 unspecified atom stereocenters. The molecule has 4 heteroatoms. The summed E-state index contributed by atoms with van der Waals surface area (Å²) in [4.78, 5) is 0. The second-order valence-corrected chi connectivity index (χ2v) is 6.68. The van der Waals surface area contributed by atoms with E-state index in [1.807, 2.05) is 17.8 Å². The van der Waals surface area contributed by atoms with Crippen LogP contribution in [0.2, 0.25) is 0 Å². The fourth-order valence-corrected chi connectivity index (χ4v) is 3.07. The number of rotatable bonds is 10. The van der Waals surface area contributed by atoms with E-state index in [0.717, 1.165) is 30.2 Å². The van der Waals surface area contributed by atoms with Gasteiger partial charge in [0.2, 0.25) is 0 Å².